The molecule has 2 aliphatic heterocycles. The smallest absolute Gasteiger partial charge is 0.308 e. The van der Waals surface area contributed by atoms with Gasteiger partial charge < -0.3 is 34.9 Å². The van der Waals surface area contributed by atoms with E-state index in [9.17, 15) is 33.6 Å². The molecule has 3 rings (SSSR count). The van der Waals surface area contributed by atoms with Crippen LogP contribution in [-0.2, 0) is 49.6 Å². The zero-order valence-corrected chi connectivity index (χ0v) is 27.5. The molecule has 4 N–H and O–H groups in total. The minimum atomic E-state index is -1.11. The molecular formula is C31H41N5O10S. The fourth-order valence-corrected chi connectivity index (χ4v) is 5.06. The molecule has 3 unspecified atom stereocenters. The number of hydrogen-bond acceptors (Lipinski definition) is 11. The van der Waals surface area contributed by atoms with Gasteiger partial charge in [-0.15, -0.1) is 0 Å². The first-order chi connectivity index (χ1) is 22.3. The molecule has 1 aromatic rings. The Hall–Kier alpha value is -4.28. The molecule has 1 fully saturated rings. The first-order valence-electron chi connectivity index (χ1n) is 15.1. The number of carbonyl (C=O) groups excluding carboxylic acids is 7. The predicted molar refractivity (Wildman–Crippen MR) is 170 cm³/mol. The van der Waals surface area contributed by atoms with Gasteiger partial charge in [0.15, 0.2) is 0 Å². The van der Waals surface area contributed by atoms with Crippen molar-refractivity contribution in [1.29, 1.82) is 0 Å². The van der Waals surface area contributed by atoms with E-state index in [4.69, 9.17) is 14.0 Å². The Bertz CT molecular complexity index is 1350. The number of anilines is 1. The lowest BCUT2D eigenvalue weighted by Crippen LogP contribution is -2.54. The van der Waals surface area contributed by atoms with E-state index < -0.39 is 60.1 Å². The fourth-order valence-electron chi connectivity index (χ4n) is 4.87. The van der Waals surface area contributed by atoms with Gasteiger partial charge in [-0.05, 0) is 35.7 Å². The van der Waals surface area contributed by atoms with Crippen molar-refractivity contribution in [2.75, 3.05) is 37.4 Å². The van der Waals surface area contributed by atoms with Gasteiger partial charge >= 0.3 is 5.97 Å². The number of rotatable bonds is 17. The van der Waals surface area contributed by atoms with E-state index in [0.29, 0.717) is 17.7 Å². The lowest BCUT2D eigenvalue weighted by molar-refractivity contribution is -0.148. The van der Waals surface area contributed by atoms with Gasteiger partial charge in [-0.3, -0.25) is 38.5 Å². The van der Waals surface area contributed by atoms with Crippen LogP contribution in [0.3, 0.4) is 0 Å². The van der Waals surface area contributed by atoms with Gasteiger partial charge in [0.1, 0.15) is 18.7 Å². The molecule has 15 nitrogen and oxygen atoms in total. The minimum Gasteiger partial charge on any atom is -0.461 e. The third-order valence-electron chi connectivity index (χ3n) is 7.38. The number of esters is 1. The van der Waals surface area contributed by atoms with E-state index >= 15 is 0 Å². The van der Waals surface area contributed by atoms with Gasteiger partial charge in [-0.25, -0.2) is 0 Å². The van der Waals surface area contributed by atoms with Crippen molar-refractivity contribution in [3.63, 3.8) is 0 Å². The SMILES string of the molecule is CC(C)C(=O)OCc1ccc(NC(=O)CNC(=O)C(NC(=O)CN2C(=O)C(N3C(=O)C=CC3=O)CC2COCCSO)C(C)C)cc1. The zero-order chi connectivity index (χ0) is 34.7. The van der Waals surface area contributed by atoms with Crippen molar-refractivity contribution < 1.29 is 47.6 Å². The number of imide groups is 1. The van der Waals surface area contributed by atoms with Gasteiger partial charge in [0.2, 0.25) is 23.6 Å². The van der Waals surface area contributed by atoms with Crippen LogP contribution in [0, 0.1) is 11.8 Å². The number of hydrogen-bond donors (Lipinski definition) is 4. The highest BCUT2D eigenvalue weighted by Gasteiger charge is 2.47. The van der Waals surface area contributed by atoms with Crippen molar-refractivity contribution in [1.82, 2.24) is 20.4 Å². The number of ether oxygens (including phenoxy) is 2. The summed E-state index contributed by atoms with van der Waals surface area (Å²) >= 11 is 0.587. The molecule has 0 radical (unpaired) electrons. The summed E-state index contributed by atoms with van der Waals surface area (Å²) in [7, 11) is 0. The zero-order valence-electron chi connectivity index (χ0n) is 26.7. The van der Waals surface area contributed by atoms with Crippen LogP contribution in [-0.4, -0.2) is 106 Å². The summed E-state index contributed by atoms with van der Waals surface area (Å²) in [4.78, 5) is 90.2. The van der Waals surface area contributed by atoms with Gasteiger partial charge in [0.25, 0.3) is 11.8 Å². The summed E-state index contributed by atoms with van der Waals surface area (Å²) in [6.45, 7) is 6.30. The lowest BCUT2D eigenvalue weighted by atomic mass is 10.0. The average molecular weight is 676 g/mol. The molecule has 0 saturated carbocycles. The topological polar surface area (TPSA) is 201 Å². The molecule has 6 amide bonds. The van der Waals surface area contributed by atoms with E-state index in [-0.39, 0.29) is 56.3 Å². The van der Waals surface area contributed by atoms with Gasteiger partial charge in [-0.2, -0.15) is 0 Å². The van der Waals surface area contributed by atoms with Crippen LogP contribution in [0.2, 0.25) is 0 Å². The standard InChI is InChI=1S/C31H41N5O10S/c1-18(2)28(29(41)32-14-24(37)33-21-7-5-20(6-8-21)16-46-31(43)19(3)4)34-25(38)15-35-22(17-45-11-12-47-44)13-23(30(35)42)36-26(39)9-10-27(36)40/h5-10,18-19,22-23,28,44H,11-17H2,1-4H3,(H,32,41)(H,33,37)(H,34,38). The number of carbonyl (C=O) groups is 7. The molecule has 1 saturated heterocycles. The highest BCUT2D eigenvalue weighted by Crippen LogP contribution is 2.26. The first kappa shape index (κ1) is 37.2. The minimum absolute atomic E-state index is 0.00273. The third-order valence-corrected chi connectivity index (χ3v) is 7.73. The number of nitrogens with one attached hydrogen (secondary N) is 3. The van der Waals surface area contributed by atoms with E-state index in [2.05, 4.69) is 16.0 Å². The lowest BCUT2D eigenvalue weighted by Gasteiger charge is -2.27. The molecular weight excluding hydrogens is 634 g/mol. The van der Waals surface area contributed by atoms with Crippen molar-refractivity contribution in [2.24, 2.45) is 11.8 Å². The van der Waals surface area contributed by atoms with Crippen LogP contribution in [0.1, 0.15) is 39.7 Å². The average Bonchev–Trinajstić information content (AvgIpc) is 3.52. The van der Waals surface area contributed by atoms with Crippen LogP contribution < -0.4 is 16.0 Å². The number of benzene rings is 1. The Labute approximate surface area is 277 Å². The Morgan fingerprint density at radius 1 is 1.00 bits per heavy atom. The van der Waals surface area contributed by atoms with Crippen LogP contribution in [0.5, 0.6) is 0 Å². The molecule has 256 valence electrons. The maximum Gasteiger partial charge on any atom is 0.308 e. The Morgan fingerprint density at radius 3 is 2.26 bits per heavy atom. The molecule has 47 heavy (non-hydrogen) atoms. The van der Waals surface area contributed by atoms with Crippen molar-refractivity contribution in [2.45, 2.75) is 58.8 Å². The van der Waals surface area contributed by atoms with E-state index in [1.54, 1.807) is 52.0 Å². The van der Waals surface area contributed by atoms with Crippen molar-refractivity contribution >= 4 is 59.1 Å². The molecule has 1 aromatic carbocycles. The third kappa shape index (κ3) is 10.6. The summed E-state index contributed by atoms with van der Waals surface area (Å²) < 4.78 is 19.7. The molecule has 0 aromatic heterocycles. The largest absolute Gasteiger partial charge is 0.461 e. The van der Waals surface area contributed by atoms with E-state index in [1.165, 1.54) is 4.90 Å². The highest BCUT2D eigenvalue weighted by atomic mass is 32.2. The number of likely N-dealkylation sites (tertiary alicyclic amines) is 1. The fraction of sp³-hybridized carbons (Fsp3) is 0.516. The van der Waals surface area contributed by atoms with Gasteiger partial charge in [0.05, 0.1) is 38.3 Å². The molecule has 0 bridgehead atoms. The summed E-state index contributed by atoms with van der Waals surface area (Å²) in [6.07, 6.45) is 2.20. The Kier molecular flexibility index (Phi) is 13.9. The Morgan fingerprint density at radius 2 is 1.66 bits per heavy atom. The molecule has 0 aliphatic carbocycles. The number of nitrogens with zero attached hydrogens (tertiary/aromatic N) is 2. The second-order valence-corrected chi connectivity index (χ2v) is 12.3. The van der Waals surface area contributed by atoms with Crippen LogP contribution in [0.15, 0.2) is 36.4 Å². The summed E-state index contributed by atoms with van der Waals surface area (Å²) in [5.41, 5.74) is 1.20. The monoisotopic (exact) mass is 675 g/mol. The maximum atomic E-state index is 13.3. The summed E-state index contributed by atoms with van der Waals surface area (Å²) in [5.74, 6) is -4.32. The number of amides is 6. The second kappa shape index (κ2) is 17.6. The molecule has 16 heteroatoms. The van der Waals surface area contributed by atoms with E-state index in [1.807, 2.05) is 0 Å². The highest BCUT2D eigenvalue weighted by molar-refractivity contribution is 7.93. The van der Waals surface area contributed by atoms with Gasteiger partial charge in [0, 0.05) is 30.0 Å². The Balaban J connectivity index is 1.55. The summed E-state index contributed by atoms with van der Waals surface area (Å²) in [6, 6.07) is 3.86. The van der Waals surface area contributed by atoms with Crippen molar-refractivity contribution in [3.8, 4) is 0 Å². The molecule has 0 spiro atoms. The van der Waals surface area contributed by atoms with Crippen LogP contribution in [0.25, 0.3) is 0 Å². The van der Waals surface area contributed by atoms with Gasteiger partial charge in [-0.1, -0.05) is 39.8 Å². The molecule has 2 aliphatic rings. The van der Waals surface area contributed by atoms with Crippen LogP contribution >= 0.6 is 12.0 Å². The summed E-state index contributed by atoms with van der Waals surface area (Å²) in [5, 5.41) is 7.79. The quantitative estimate of drug-likeness (QED) is 0.0784. The molecule has 3 atom stereocenters. The normalized spacial score (nSPS) is 18.2. The predicted octanol–water partition coefficient (Wildman–Crippen LogP) is 0.699. The van der Waals surface area contributed by atoms with E-state index in [0.717, 1.165) is 22.6 Å². The maximum absolute atomic E-state index is 13.3. The van der Waals surface area contributed by atoms with Crippen molar-refractivity contribution in [3.05, 3.63) is 42.0 Å². The van der Waals surface area contributed by atoms with Crippen LogP contribution in [0.4, 0.5) is 5.69 Å². The first-order valence-corrected chi connectivity index (χ1v) is 16.1. The molecule has 2 heterocycles. The second-order valence-electron chi connectivity index (χ2n) is 11.7.